The first-order valence-electron chi connectivity index (χ1n) is 12.4. The molecule has 0 atom stereocenters. The SMILES string of the molecule is Cc1cccc(C)c1-c1cc(Oc2ccc(F)c(C3CCN(C)CC3)c2)nc(NSc2cnn(C)c2)n1. The van der Waals surface area contributed by atoms with Crippen LogP contribution in [0.1, 0.15) is 35.4 Å². The summed E-state index contributed by atoms with van der Waals surface area (Å²) in [5.41, 5.74) is 4.73. The summed E-state index contributed by atoms with van der Waals surface area (Å²) in [5.74, 6) is 1.37. The summed E-state index contributed by atoms with van der Waals surface area (Å²) in [5, 5.41) is 4.21. The summed E-state index contributed by atoms with van der Waals surface area (Å²) in [4.78, 5) is 12.6. The van der Waals surface area contributed by atoms with Gasteiger partial charge in [-0.3, -0.25) is 9.40 Å². The van der Waals surface area contributed by atoms with Gasteiger partial charge in [0.2, 0.25) is 11.8 Å². The lowest BCUT2D eigenvalue weighted by Crippen LogP contribution is -2.29. The molecule has 5 rings (SSSR count). The third-order valence-electron chi connectivity index (χ3n) is 6.73. The van der Waals surface area contributed by atoms with E-state index in [1.54, 1.807) is 16.9 Å². The number of anilines is 1. The standard InChI is InChI=1S/C28H31FN6OS/c1-18-6-5-7-19(2)27(18)25-15-26(32-28(31-25)33-37-22-16-30-35(4)17-22)36-21-8-9-24(29)23(14-21)20-10-12-34(3)13-11-20/h5-9,14-17,20H,10-13H2,1-4H3,(H,31,32,33). The van der Waals surface area contributed by atoms with E-state index in [1.807, 2.05) is 31.4 Å². The number of halogens is 1. The average molecular weight is 519 g/mol. The number of hydrogen-bond acceptors (Lipinski definition) is 7. The first kappa shape index (κ1) is 25.2. The quantitative estimate of drug-likeness (QED) is 0.286. The van der Waals surface area contributed by atoms with E-state index in [0.29, 0.717) is 23.1 Å². The van der Waals surface area contributed by atoms with Crippen molar-refractivity contribution in [2.24, 2.45) is 7.05 Å². The molecule has 2 aromatic heterocycles. The van der Waals surface area contributed by atoms with Gasteiger partial charge in [0.25, 0.3) is 0 Å². The van der Waals surface area contributed by atoms with Crippen LogP contribution in [0.15, 0.2) is 59.8 Å². The number of nitrogens with one attached hydrogen (secondary N) is 1. The molecule has 7 nitrogen and oxygen atoms in total. The number of likely N-dealkylation sites (tertiary alicyclic amines) is 1. The number of benzene rings is 2. The maximum Gasteiger partial charge on any atom is 0.237 e. The average Bonchev–Trinajstić information content (AvgIpc) is 3.29. The number of aromatic nitrogens is 4. The Morgan fingerprint density at radius 3 is 2.49 bits per heavy atom. The molecular formula is C28H31FN6OS. The van der Waals surface area contributed by atoms with Gasteiger partial charge in [-0.15, -0.1) is 0 Å². The van der Waals surface area contributed by atoms with Crippen LogP contribution in [0.5, 0.6) is 11.6 Å². The van der Waals surface area contributed by atoms with Gasteiger partial charge in [0, 0.05) is 24.9 Å². The summed E-state index contributed by atoms with van der Waals surface area (Å²) in [6.07, 6.45) is 5.54. The Bertz CT molecular complexity index is 1380. The second kappa shape index (κ2) is 10.9. The molecule has 0 amide bonds. The molecule has 1 fully saturated rings. The highest BCUT2D eigenvalue weighted by Gasteiger charge is 2.22. The maximum absolute atomic E-state index is 14.8. The molecule has 0 bridgehead atoms. The Balaban J connectivity index is 1.46. The van der Waals surface area contributed by atoms with E-state index in [0.717, 1.165) is 53.2 Å². The van der Waals surface area contributed by atoms with Crippen molar-refractivity contribution < 1.29 is 9.13 Å². The lowest BCUT2D eigenvalue weighted by Gasteiger charge is -2.29. The molecule has 37 heavy (non-hydrogen) atoms. The van der Waals surface area contributed by atoms with Gasteiger partial charge in [-0.2, -0.15) is 10.1 Å². The van der Waals surface area contributed by atoms with E-state index in [2.05, 4.69) is 52.7 Å². The predicted molar refractivity (Wildman–Crippen MR) is 146 cm³/mol. The van der Waals surface area contributed by atoms with Gasteiger partial charge in [-0.25, -0.2) is 9.37 Å². The monoisotopic (exact) mass is 518 g/mol. The molecule has 2 aromatic carbocycles. The maximum atomic E-state index is 14.8. The molecule has 192 valence electrons. The first-order valence-corrected chi connectivity index (χ1v) is 13.2. The van der Waals surface area contributed by atoms with E-state index in [9.17, 15) is 4.39 Å². The predicted octanol–water partition coefficient (Wildman–Crippen LogP) is 6.35. The topological polar surface area (TPSA) is 68.1 Å². The fraction of sp³-hybridized carbons (Fsp3) is 0.321. The molecular weight excluding hydrogens is 487 g/mol. The highest BCUT2D eigenvalue weighted by Crippen LogP contribution is 2.35. The summed E-state index contributed by atoms with van der Waals surface area (Å²) in [7, 11) is 3.98. The molecule has 1 aliphatic heterocycles. The van der Waals surface area contributed by atoms with Crippen molar-refractivity contribution in [2.75, 3.05) is 24.9 Å². The summed E-state index contributed by atoms with van der Waals surface area (Å²) in [6, 6.07) is 13.0. The van der Waals surface area contributed by atoms with Crippen LogP contribution >= 0.6 is 11.9 Å². The third-order valence-corrected chi connectivity index (χ3v) is 7.46. The Hall–Kier alpha value is -3.43. The second-order valence-electron chi connectivity index (χ2n) is 9.60. The van der Waals surface area contributed by atoms with Crippen LogP contribution in [0.2, 0.25) is 0 Å². The van der Waals surface area contributed by atoms with Gasteiger partial charge in [0.05, 0.1) is 16.8 Å². The number of rotatable bonds is 7. The lowest BCUT2D eigenvalue weighted by molar-refractivity contribution is 0.253. The molecule has 0 aliphatic carbocycles. The van der Waals surface area contributed by atoms with Crippen LogP contribution in [0.3, 0.4) is 0 Å². The van der Waals surface area contributed by atoms with Gasteiger partial charge >= 0.3 is 0 Å². The largest absolute Gasteiger partial charge is 0.439 e. The van der Waals surface area contributed by atoms with E-state index in [4.69, 9.17) is 9.72 Å². The zero-order valence-corrected chi connectivity index (χ0v) is 22.3. The van der Waals surface area contributed by atoms with Crippen LogP contribution < -0.4 is 9.46 Å². The molecule has 0 radical (unpaired) electrons. The Labute approximate surface area is 221 Å². The Morgan fingerprint density at radius 2 is 1.78 bits per heavy atom. The van der Waals surface area contributed by atoms with E-state index < -0.39 is 0 Å². The highest BCUT2D eigenvalue weighted by molar-refractivity contribution is 8.00. The number of aryl methyl sites for hydroxylation is 3. The second-order valence-corrected chi connectivity index (χ2v) is 10.5. The molecule has 0 unspecified atom stereocenters. The van der Waals surface area contributed by atoms with Gasteiger partial charge in [-0.1, -0.05) is 18.2 Å². The zero-order chi connectivity index (χ0) is 25.9. The molecule has 0 spiro atoms. The van der Waals surface area contributed by atoms with Crippen LogP contribution in [-0.4, -0.2) is 44.8 Å². The molecule has 9 heteroatoms. The molecule has 1 N–H and O–H groups in total. The van der Waals surface area contributed by atoms with E-state index >= 15 is 0 Å². The minimum absolute atomic E-state index is 0.184. The van der Waals surface area contributed by atoms with Crippen molar-refractivity contribution in [2.45, 2.75) is 37.5 Å². The number of ether oxygens (including phenoxy) is 1. The Morgan fingerprint density at radius 1 is 1.03 bits per heavy atom. The number of hydrogen-bond donors (Lipinski definition) is 1. The van der Waals surface area contributed by atoms with Crippen molar-refractivity contribution in [1.82, 2.24) is 24.6 Å². The fourth-order valence-corrected chi connectivity index (χ4v) is 5.37. The van der Waals surface area contributed by atoms with Crippen LogP contribution in [0, 0.1) is 19.7 Å². The summed E-state index contributed by atoms with van der Waals surface area (Å²) >= 11 is 1.38. The minimum Gasteiger partial charge on any atom is -0.439 e. The normalized spacial score (nSPS) is 14.6. The molecule has 3 heterocycles. The molecule has 4 aromatic rings. The smallest absolute Gasteiger partial charge is 0.237 e. The van der Waals surface area contributed by atoms with E-state index in [-0.39, 0.29) is 11.7 Å². The van der Waals surface area contributed by atoms with Crippen molar-refractivity contribution in [1.29, 1.82) is 0 Å². The fourth-order valence-electron chi connectivity index (χ4n) is 4.76. The van der Waals surface area contributed by atoms with Gasteiger partial charge < -0.3 is 9.64 Å². The van der Waals surface area contributed by atoms with Crippen molar-refractivity contribution in [3.05, 3.63) is 77.4 Å². The number of nitrogens with zero attached hydrogens (tertiary/aromatic N) is 5. The van der Waals surface area contributed by atoms with Crippen LogP contribution in [0.25, 0.3) is 11.3 Å². The molecule has 1 aliphatic rings. The van der Waals surface area contributed by atoms with Crippen molar-refractivity contribution in [3.8, 4) is 22.9 Å². The zero-order valence-electron chi connectivity index (χ0n) is 21.5. The molecule has 0 saturated carbocycles. The van der Waals surface area contributed by atoms with Crippen molar-refractivity contribution >= 4 is 17.9 Å². The van der Waals surface area contributed by atoms with Gasteiger partial charge in [0.15, 0.2) is 0 Å². The van der Waals surface area contributed by atoms with E-state index in [1.165, 1.54) is 18.0 Å². The van der Waals surface area contributed by atoms with Gasteiger partial charge in [-0.05, 0) is 99.6 Å². The van der Waals surface area contributed by atoms with Crippen LogP contribution in [0.4, 0.5) is 10.3 Å². The van der Waals surface area contributed by atoms with Crippen LogP contribution in [-0.2, 0) is 7.05 Å². The highest BCUT2D eigenvalue weighted by atomic mass is 32.2. The third kappa shape index (κ3) is 5.94. The van der Waals surface area contributed by atoms with Gasteiger partial charge in [0.1, 0.15) is 11.6 Å². The number of piperidine rings is 1. The lowest BCUT2D eigenvalue weighted by atomic mass is 9.89. The molecule has 1 saturated heterocycles. The summed E-state index contributed by atoms with van der Waals surface area (Å²) < 4.78 is 26.0. The Kier molecular flexibility index (Phi) is 7.43. The summed E-state index contributed by atoms with van der Waals surface area (Å²) in [6.45, 7) is 6.06. The minimum atomic E-state index is -0.184. The first-order chi connectivity index (χ1) is 17.9. The van der Waals surface area contributed by atoms with Crippen molar-refractivity contribution in [3.63, 3.8) is 0 Å².